The number of hydrogen-bond acceptors (Lipinski definition) is 6. The smallest absolute Gasteiger partial charge is 0.272 e. The average molecular weight is 519 g/mol. The number of carbonyl (C=O) groups is 1. The molecule has 0 spiro atoms. The Bertz CT molecular complexity index is 1570. The molecule has 1 amide bonds. The van der Waals surface area contributed by atoms with E-state index in [2.05, 4.69) is 20.2 Å². The van der Waals surface area contributed by atoms with E-state index in [1.807, 2.05) is 32.3 Å². The lowest BCUT2D eigenvalue weighted by atomic mass is 10.1. The molecule has 0 aliphatic carbocycles. The van der Waals surface area contributed by atoms with Gasteiger partial charge in [-0.05, 0) is 68.2 Å². The topological polar surface area (TPSA) is 98.1 Å². The lowest BCUT2D eigenvalue weighted by molar-refractivity contribution is 0.102. The summed E-state index contributed by atoms with van der Waals surface area (Å²) in [5.74, 6) is 0.778. The van der Waals surface area contributed by atoms with Crippen LogP contribution >= 0.6 is 23.1 Å². The summed E-state index contributed by atoms with van der Waals surface area (Å²) in [5.41, 5.74) is 1.14. The van der Waals surface area contributed by atoms with E-state index in [-0.39, 0.29) is 27.7 Å². The van der Waals surface area contributed by atoms with Crippen molar-refractivity contribution in [3.8, 4) is 0 Å². The largest absolute Gasteiger partial charge is 0.322 e. The highest BCUT2D eigenvalue weighted by molar-refractivity contribution is 8.01. The Balaban J connectivity index is 1.49. The normalized spacial score (nSPS) is 12.3. The van der Waals surface area contributed by atoms with Crippen molar-refractivity contribution in [3.63, 3.8) is 0 Å². The zero-order chi connectivity index (χ0) is 25.5. The van der Waals surface area contributed by atoms with Gasteiger partial charge in [-0.25, -0.2) is 0 Å². The molecule has 0 bridgehead atoms. The van der Waals surface area contributed by atoms with Crippen LogP contribution in [-0.4, -0.2) is 47.2 Å². The second-order valence-electron chi connectivity index (χ2n) is 8.27. The van der Waals surface area contributed by atoms with E-state index < -0.39 is 0 Å². The standard InChI is InChI=1S/C27H26N4O3S2/c1-31(2)14-15-35-24-13-12-21(36-24)17-23-27(34)29-22(26(33)30-23)16-18-8-10-20(11-9-18)28-25(32)19-6-4-3-5-7-19/h3-13,16-17H,14-15H2,1-2H3,(H,28,32)(H,29,34)(H,30,33)/b22-16-,23-17-. The molecule has 0 saturated carbocycles. The summed E-state index contributed by atoms with van der Waals surface area (Å²) < 4.78 is 1.16. The lowest BCUT2D eigenvalue weighted by Gasteiger charge is -2.07. The molecule has 36 heavy (non-hydrogen) atoms. The van der Waals surface area contributed by atoms with Crippen molar-refractivity contribution < 1.29 is 4.79 Å². The number of nitrogens with one attached hydrogen (secondary N) is 3. The van der Waals surface area contributed by atoms with Crippen molar-refractivity contribution >= 4 is 46.8 Å². The van der Waals surface area contributed by atoms with Gasteiger partial charge < -0.3 is 20.2 Å². The lowest BCUT2D eigenvalue weighted by Crippen LogP contribution is -2.46. The number of amides is 1. The van der Waals surface area contributed by atoms with E-state index in [4.69, 9.17) is 0 Å². The first kappa shape index (κ1) is 25.4. The summed E-state index contributed by atoms with van der Waals surface area (Å²) in [7, 11) is 4.08. The quantitative estimate of drug-likeness (QED) is 0.312. The van der Waals surface area contributed by atoms with E-state index in [0.717, 1.165) is 21.4 Å². The first-order chi connectivity index (χ1) is 17.4. The fourth-order valence-electron chi connectivity index (χ4n) is 3.28. The van der Waals surface area contributed by atoms with E-state index in [9.17, 15) is 14.4 Å². The van der Waals surface area contributed by atoms with Gasteiger partial charge in [0.15, 0.2) is 0 Å². The molecule has 4 aromatic rings. The molecule has 0 fully saturated rings. The first-order valence-corrected chi connectivity index (χ1v) is 13.1. The number of thioether (sulfide) groups is 1. The Kier molecular flexibility index (Phi) is 8.37. The predicted octanol–water partition coefficient (Wildman–Crippen LogP) is 2.69. The van der Waals surface area contributed by atoms with Crippen LogP contribution in [0.2, 0.25) is 0 Å². The molecule has 3 N–H and O–H groups in total. The minimum absolute atomic E-state index is 0.157. The number of benzene rings is 2. The molecule has 0 atom stereocenters. The number of carbonyl (C=O) groups excluding carboxylic acids is 1. The zero-order valence-corrected chi connectivity index (χ0v) is 21.5. The predicted molar refractivity (Wildman–Crippen MR) is 149 cm³/mol. The number of hydrogen-bond donors (Lipinski definition) is 3. The van der Waals surface area contributed by atoms with Crippen LogP contribution in [0.5, 0.6) is 0 Å². The number of rotatable bonds is 8. The maximum absolute atomic E-state index is 12.6. The Morgan fingerprint density at radius 3 is 2.25 bits per heavy atom. The maximum atomic E-state index is 12.6. The highest BCUT2D eigenvalue weighted by Crippen LogP contribution is 2.27. The van der Waals surface area contributed by atoms with Crippen molar-refractivity contribution in [2.24, 2.45) is 0 Å². The minimum atomic E-state index is -0.389. The third-order valence-electron chi connectivity index (χ3n) is 5.17. The summed E-state index contributed by atoms with van der Waals surface area (Å²) in [4.78, 5) is 45.9. The summed E-state index contributed by atoms with van der Waals surface area (Å²) >= 11 is 3.35. The van der Waals surface area contributed by atoms with Crippen molar-refractivity contribution in [1.29, 1.82) is 0 Å². The molecule has 7 nitrogen and oxygen atoms in total. The van der Waals surface area contributed by atoms with Gasteiger partial charge in [0.1, 0.15) is 10.7 Å². The van der Waals surface area contributed by atoms with Gasteiger partial charge in [0, 0.05) is 28.4 Å². The molecule has 0 unspecified atom stereocenters. The van der Waals surface area contributed by atoms with Crippen LogP contribution in [-0.2, 0) is 0 Å². The summed E-state index contributed by atoms with van der Waals surface area (Å²) in [6.07, 6.45) is 3.28. The second-order valence-corrected chi connectivity index (χ2v) is 10.8. The van der Waals surface area contributed by atoms with Gasteiger partial charge >= 0.3 is 0 Å². The van der Waals surface area contributed by atoms with E-state index in [0.29, 0.717) is 16.8 Å². The van der Waals surface area contributed by atoms with Crippen molar-refractivity contribution in [3.05, 3.63) is 114 Å². The molecule has 0 radical (unpaired) electrons. The molecule has 9 heteroatoms. The Morgan fingerprint density at radius 2 is 1.58 bits per heavy atom. The van der Waals surface area contributed by atoms with Gasteiger partial charge in [-0.3, -0.25) is 14.4 Å². The second kappa shape index (κ2) is 11.9. The van der Waals surface area contributed by atoms with Crippen molar-refractivity contribution in [2.45, 2.75) is 4.21 Å². The molecule has 2 aromatic carbocycles. The third kappa shape index (κ3) is 6.94. The van der Waals surface area contributed by atoms with Crippen LogP contribution in [0.1, 0.15) is 20.8 Å². The van der Waals surface area contributed by atoms with Crippen LogP contribution in [0.15, 0.2) is 80.5 Å². The van der Waals surface area contributed by atoms with Crippen LogP contribution < -0.4 is 27.1 Å². The average Bonchev–Trinajstić information content (AvgIpc) is 3.31. The highest BCUT2D eigenvalue weighted by Gasteiger charge is 2.05. The van der Waals surface area contributed by atoms with Crippen LogP contribution in [0, 0.1) is 0 Å². The number of aromatic amines is 2. The van der Waals surface area contributed by atoms with Crippen LogP contribution in [0.3, 0.4) is 0 Å². The molecule has 184 valence electrons. The van der Waals surface area contributed by atoms with Gasteiger partial charge in [0.05, 0.1) is 4.21 Å². The number of thiophene rings is 1. The van der Waals surface area contributed by atoms with Crippen molar-refractivity contribution in [2.75, 3.05) is 31.7 Å². The fraction of sp³-hybridized carbons (Fsp3) is 0.148. The number of H-pyrrole nitrogens is 2. The Morgan fingerprint density at radius 1 is 0.917 bits per heavy atom. The van der Waals surface area contributed by atoms with Gasteiger partial charge in [-0.1, -0.05) is 30.3 Å². The molecule has 2 aromatic heterocycles. The molecular formula is C27H26N4O3S2. The van der Waals surface area contributed by atoms with E-state index in [1.54, 1.807) is 83.8 Å². The number of aromatic nitrogens is 2. The molecule has 4 rings (SSSR count). The van der Waals surface area contributed by atoms with Crippen LogP contribution in [0.25, 0.3) is 12.2 Å². The van der Waals surface area contributed by atoms with E-state index in [1.165, 1.54) is 0 Å². The summed E-state index contributed by atoms with van der Waals surface area (Å²) in [5, 5.41) is 3.20. The highest BCUT2D eigenvalue weighted by atomic mass is 32.2. The Labute approximate surface area is 216 Å². The van der Waals surface area contributed by atoms with Crippen LogP contribution in [0.4, 0.5) is 5.69 Å². The Hall–Kier alpha value is -3.66. The third-order valence-corrected chi connectivity index (χ3v) is 7.41. The fourth-order valence-corrected chi connectivity index (χ4v) is 5.56. The SMILES string of the molecule is CN(C)CCSc1ccc(/C=c2\[nH]c(=O)/c(=C/c3ccc(NC(=O)c4ccccc4)cc3)[nH]c2=O)s1. The molecule has 0 saturated heterocycles. The maximum Gasteiger partial charge on any atom is 0.272 e. The molecule has 0 aliphatic rings. The summed E-state index contributed by atoms with van der Waals surface area (Å²) in [6, 6.07) is 19.9. The van der Waals surface area contributed by atoms with Gasteiger partial charge in [0.2, 0.25) is 0 Å². The van der Waals surface area contributed by atoms with Crippen molar-refractivity contribution in [1.82, 2.24) is 14.9 Å². The van der Waals surface area contributed by atoms with Gasteiger partial charge in [0.25, 0.3) is 17.0 Å². The number of anilines is 1. The first-order valence-electron chi connectivity index (χ1n) is 11.3. The molecule has 2 heterocycles. The minimum Gasteiger partial charge on any atom is -0.322 e. The number of nitrogens with zero attached hydrogens (tertiary/aromatic N) is 1. The zero-order valence-electron chi connectivity index (χ0n) is 19.9. The molecular weight excluding hydrogens is 492 g/mol. The monoisotopic (exact) mass is 518 g/mol. The molecule has 0 aliphatic heterocycles. The van der Waals surface area contributed by atoms with Gasteiger partial charge in [-0.2, -0.15) is 0 Å². The van der Waals surface area contributed by atoms with Gasteiger partial charge in [-0.15, -0.1) is 23.1 Å². The van der Waals surface area contributed by atoms with E-state index >= 15 is 0 Å². The summed E-state index contributed by atoms with van der Waals surface area (Å²) in [6.45, 7) is 0.984.